The second-order valence-electron chi connectivity index (χ2n) is 12.5. The summed E-state index contributed by atoms with van der Waals surface area (Å²) in [4.78, 5) is 11.9. The molecule has 0 bridgehead atoms. The van der Waals surface area contributed by atoms with E-state index in [2.05, 4.69) is 47.1 Å². The number of fused-ring (bicyclic) bond motifs is 1. The van der Waals surface area contributed by atoms with Gasteiger partial charge in [0, 0.05) is 52.5 Å². The zero-order valence-electron chi connectivity index (χ0n) is 25.9. The van der Waals surface area contributed by atoms with Crippen molar-refractivity contribution in [2.24, 2.45) is 0 Å². The van der Waals surface area contributed by atoms with E-state index in [1.54, 1.807) is 6.92 Å². The molecule has 2 fully saturated rings. The Balaban J connectivity index is 1.21. The molecule has 2 aliphatic rings. The highest BCUT2D eigenvalue weighted by Gasteiger charge is 2.36. The highest BCUT2D eigenvalue weighted by molar-refractivity contribution is 7.89. The second kappa shape index (κ2) is 12.8. The molecule has 0 atom stereocenters. The molecule has 5 aromatic rings. The Bertz CT molecular complexity index is 2020. The molecule has 0 unspecified atom stereocenters. The van der Waals surface area contributed by atoms with Crippen LogP contribution in [0.4, 0.5) is 4.39 Å². The molecule has 10 heteroatoms. The minimum atomic E-state index is -3.93. The molecule has 1 aliphatic carbocycles. The van der Waals surface area contributed by atoms with Crippen LogP contribution in [0.2, 0.25) is 10.0 Å². The molecule has 1 aromatic heterocycles. The fraction of sp³-hybridized carbons (Fsp3) is 0.297. The van der Waals surface area contributed by atoms with E-state index >= 15 is 0 Å². The molecule has 0 amide bonds. The number of carbonyl (C=O) groups is 1. The minimum absolute atomic E-state index is 0.0579. The summed E-state index contributed by atoms with van der Waals surface area (Å²) in [5, 5.41) is 7.49. The SMILES string of the molecule is CCC(=O)c1ccc(S(=O)(=O)N2CCC(c3c4cc(C(c5ccc(Cl)cc5)c5ccc(Cl)cc5)ccc4nn3C3CC3)CC2)cc1F. The topological polar surface area (TPSA) is 72.3 Å². The molecule has 1 saturated carbocycles. The van der Waals surface area contributed by atoms with E-state index in [4.69, 9.17) is 28.3 Å². The van der Waals surface area contributed by atoms with Gasteiger partial charge in [0.05, 0.1) is 22.0 Å². The average molecular weight is 691 g/mol. The Kier molecular flexibility index (Phi) is 8.72. The van der Waals surface area contributed by atoms with E-state index in [9.17, 15) is 17.6 Å². The zero-order valence-corrected chi connectivity index (χ0v) is 28.2. The van der Waals surface area contributed by atoms with E-state index in [0.29, 0.717) is 42.0 Å². The number of hydrogen-bond acceptors (Lipinski definition) is 4. The first-order chi connectivity index (χ1) is 22.6. The Morgan fingerprint density at radius 1 is 0.851 bits per heavy atom. The number of ketones is 1. The van der Waals surface area contributed by atoms with Crippen molar-refractivity contribution >= 4 is 49.9 Å². The summed E-state index contributed by atoms with van der Waals surface area (Å²) < 4.78 is 45.4. The fourth-order valence-corrected chi connectivity index (χ4v) is 8.54. The van der Waals surface area contributed by atoms with Crippen LogP contribution in [0.3, 0.4) is 0 Å². The Morgan fingerprint density at radius 3 is 2.00 bits per heavy atom. The summed E-state index contributed by atoms with van der Waals surface area (Å²) in [7, 11) is -3.93. The highest BCUT2D eigenvalue weighted by Crippen LogP contribution is 2.44. The van der Waals surface area contributed by atoms with Gasteiger partial charge in [-0.3, -0.25) is 9.48 Å². The third-order valence-electron chi connectivity index (χ3n) is 9.43. The quantitative estimate of drug-likeness (QED) is 0.114. The fourth-order valence-electron chi connectivity index (χ4n) is 6.80. The Morgan fingerprint density at radius 2 is 1.45 bits per heavy atom. The molecule has 6 nitrogen and oxygen atoms in total. The van der Waals surface area contributed by atoms with Gasteiger partial charge < -0.3 is 0 Å². The number of aromatic nitrogens is 2. The van der Waals surface area contributed by atoms with Crippen LogP contribution in [0.5, 0.6) is 0 Å². The maximum atomic E-state index is 14.7. The minimum Gasteiger partial charge on any atom is -0.294 e. The Hall–Kier alpha value is -3.56. The normalized spacial score (nSPS) is 16.3. The number of carbonyl (C=O) groups excluding carboxylic acids is 1. The standard InChI is InChI=1S/C37H34Cl2FN3O3S/c1-2-35(44)31-15-14-30(22-33(31)40)47(45,46)42-19-17-25(18-20-42)37-32-21-26(7-16-34(32)41-43(37)29-12-13-29)36(23-3-8-27(38)9-4-23)24-5-10-28(39)11-6-24/h3-11,14-16,21-22,25,29,36H,2,12-13,17-20H2,1H3. The molecule has 0 radical (unpaired) electrons. The van der Waals surface area contributed by atoms with Crippen molar-refractivity contribution in [1.82, 2.24) is 14.1 Å². The van der Waals surface area contributed by atoms with Crippen LogP contribution < -0.4 is 0 Å². The van der Waals surface area contributed by atoms with Gasteiger partial charge in [-0.25, -0.2) is 12.8 Å². The molecule has 0 N–H and O–H groups in total. The Labute approximate surface area is 284 Å². The highest BCUT2D eigenvalue weighted by atomic mass is 35.5. The van der Waals surface area contributed by atoms with Crippen LogP contribution in [0.15, 0.2) is 89.8 Å². The smallest absolute Gasteiger partial charge is 0.243 e. The third-order valence-corrected chi connectivity index (χ3v) is 11.8. The molecule has 0 spiro atoms. The van der Waals surface area contributed by atoms with Crippen molar-refractivity contribution in [3.05, 3.63) is 129 Å². The summed E-state index contributed by atoms with van der Waals surface area (Å²) in [6.45, 7) is 2.26. The maximum Gasteiger partial charge on any atom is 0.243 e. The van der Waals surface area contributed by atoms with Gasteiger partial charge in [-0.05, 0) is 97.0 Å². The van der Waals surface area contributed by atoms with Crippen LogP contribution in [-0.4, -0.2) is 41.4 Å². The molecule has 2 heterocycles. The van der Waals surface area contributed by atoms with E-state index in [-0.39, 0.29) is 34.5 Å². The van der Waals surface area contributed by atoms with Gasteiger partial charge in [-0.15, -0.1) is 0 Å². The lowest BCUT2D eigenvalue weighted by atomic mass is 9.84. The van der Waals surface area contributed by atoms with Crippen LogP contribution >= 0.6 is 23.2 Å². The van der Waals surface area contributed by atoms with Crippen molar-refractivity contribution < 1.29 is 17.6 Å². The molecule has 7 rings (SSSR count). The van der Waals surface area contributed by atoms with E-state index < -0.39 is 15.8 Å². The van der Waals surface area contributed by atoms with Gasteiger partial charge in [-0.1, -0.05) is 60.5 Å². The van der Waals surface area contributed by atoms with E-state index in [0.717, 1.165) is 52.2 Å². The molecule has 242 valence electrons. The summed E-state index contributed by atoms with van der Waals surface area (Å²) in [6, 6.07) is 26.2. The van der Waals surface area contributed by atoms with Crippen molar-refractivity contribution in [3.8, 4) is 0 Å². The molecule has 1 saturated heterocycles. The first-order valence-corrected chi connectivity index (χ1v) is 18.2. The van der Waals surface area contributed by atoms with Crippen molar-refractivity contribution in [1.29, 1.82) is 0 Å². The maximum absolute atomic E-state index is 14.7. The van der Waals surface area contributed by atoms with Crippen LogP contribution in [-0.2, 0) is 10.0 Å². The van der Waals surface area contributed by atoms with E-state index in [1.807, 2.05) is 24.3 Å². The van der Waals surface area contributed by atoms with Crippen molar-refractivity contribution in [3.63, 3.8) is 0 Å². The number of benzene rings is 4. The van der Waals surface area contributed by atoms with Gasteiger partial charge in [0.15, 0.2) is 5.78 Å². The summed E-state index contributed by atoms with van der Waals surface area (Å²) in [5.41, 5.74) is 5.32. The van der Waals surface area contributed by atoms with Crippen LogP contribution in [0.1, 0.15) is 89.6 Å². The van der Waals surface area contributed by atoms with Gasteiger partial charge in [-0.2, -0.15) is 9.40 Å². The summed E-state index contributed by atoms with van der Waals surface area (Å²) in [5.74, 6) is -1.12. The zero-order chi connectivity index (χ0) is 32.9. The third kappa shape index (κ3) is 6.24. The first-order valence-electron chi connectivity index (χ1n) is 16.0. The predicted molar refractivity (Wildman–Crippen MR) is 184 cm³/mol. The summed E-state index contributed by atoms with van der Waals surface area (Å²) >= 11 is 12.5. The van der Waals surface area contributed by atoms with Crippen molar-refractivity contribution in [2.45, 2.75) is 61.8 Å². The lowest BCUT2D eigenvalue weighted by Gasteiger charge is -2.32. The van der Waals surface area contributed by atoms with E-state index in [1.165, 1.54) is 16.4 Å². The number of hydrogen-bond donors (Lipinski definition) is 0. The first kappa shape index (κ1) is 32.0. The predicted octanol–water partition coefficient (Wildman–Crippen LogP) is 9.16. The molecular weight excluding hydrogens is 656 g/mol. The van der Waals surface area contributed by atoms with Gasteiger partial charge >= 0.3 is 0 Å². The van der Waals surface area contributed by atoms with Gasteiger partial charge in [0.1, 0.15) is 5.82 Å². The second-order valence-corrected chi connectivity index (χ2v) is 15.3. The summed E-state index contributed by atoms with van der Waals surface area (Å²) in [6.07, 6.45) is 3.52. The molecule has 47 heavy (non-hydrogen) atoms. The van der Waals surface area contributed by atoms with Gasteiger partial charge in [0.25, 0.3) is 0 Å². The number of sulfonamides is 1. The molecular formula is C37H34Cl2FN3O3S. The molecule has 4 aromatic carbocycles. The number of rotatable bonds is 9. The number of halogens is 3. The van der Waals surface area contributed by atoms with Crippen LogP contribution in [0.25, 0.3) is 10.9 Å². The van der Waals surface area contributed by atoms with Crippen molar-refractivity contribution in [2.75, 3.05) is 13.1 Å². The number of piperidine rings is 1. The lowest BCUT2D eigenvalue weighted by Crippen LogP contribution is -2.38. The monoisotopic (exact) mass is 689 g/mol. The lowest BCUT2D eigenvalue weighted by molar-refractivity contribution is 0.0984. The number of nitrogens with zero attached hydrogens (tertiary/aromatic N) is 3. The largest absolute Gasteiger partial charge is 0.294 e. The van der Waals surface area contributed by atoms with Crippen LogP contribution in [0, 0.1) is 5.82 Å². The number of Topliss-reactive ketones (excluding diaryl/α,β-unsaturated/α-hetero) is 1. The average Bonchev–Trinajstić information content (AvgIpc) is 3.86. The van der Waals surface area contributed by atoms with Gasteiger partial charge in [0.2, 0.25) is 10.0 Å². The molecule has 1 aliphatic heterocycles.